The first-order valence-corrected chi connectivity index (χ1v) is 7.98. The van der Waals surface area contributed by atoms with Crippen LogP contribution in [0.1, 0.15) is 32.6 Å². The van der Waals surface area contributed by atoms with E-state index >= 15 is 0 Å². The minimum absolute atomic E-state index is 0.264. The first kappa shape index (κ1) is 20.8. The molecule has 0 bridgehead atoms. The van der Waals surface area contributed by atoms with Crippen molar-refractivity contribution in [3.63, 3.8) is 0 Å². The van der Waals surface area contributed by atoms with Crippen molar-refractivity contribution in [2.75, 3.05) is 20.3 Å². The minimum atomic E-state index is -1.33. The number of carbonyl (C=O) groups is 2. The van der Waals surface area contributed by atoms with E-state index in [1.54, 1.807) is 0 Å². The number of hydrogen-bond donors (Lipinski definition) is 4. The summed E-state index contributed by atoms with van der Waals surface area (Å²) in [6.07, 6.45) is -2.23. The molecule has 4 N–H and O–H groups in total. The second-order valence-electron chi connectivity index (χ2n) is 5.69. The molecule has 5 atom stereocenters. The molecule has 0 aromatic carbocycles. The van der Waals surface area contributed by atoms with E-state index in [9.17, 15) is 24.9 Å². The first-order chi connectivity index (χ1) is 11.4. The highest BCUT2D eigenvalue weighted by molar-refractivity contribution is 5.73. The number of hydrogen-bond acceptors (Lipinski definition) is 8. The monoisotopic (exact) mass is 349 g/mol. The van der Waals surface area contributed by atoms with Gasteiger partial charge in [0.05, 0.1) is 13.7 Å². The first-order valence-electron chi connectivity index (χ1n) is 7.98. The smallest absolute Gasteiger partial charge is 0.305 e. The Morgan fingerprint density at radius 3 is 2.46 bits per heavy atom. The summed E-state index contributed by atoms with van der Waals surface area (Å²) in [5.41, 5.74) is 0. The zero-order valence-corrected chi connectivity index (χ0v) is 14.0. The quantitative estimate of drug-likeness (QED) is 0.297. The molecule has 1 amide bonds. The highest BCUT2D eigenvalue weighted by Gasteiger charge is 2.45. The van der Waals surface area contributed by atoms with Gasteiger partial charge in [0.25, 0.3) is 0 Å². The Bertz CT molecular complexity index is 405. The molecule has 1 fully saturated rings. The molecule has 1 rings (SSSR count). The summed E-state index contributed by atoms with van der Waals surface area (Å²) >= 11 is 0. The third-order valence-electron chi connectivity index (χ3n) is 3.79. The number of aliphatic hydroxyl groups excluding tert-OH is 3. The summed E-state index contributed by atoms with van der Waals surface area (Å²) in [5.74, 6) is -0.663. The van der Waals surface area contributed by atoms with E-state index in [0.717, 1.165) is 6.42 Å². The molecule has 1 aliphatic rings. The highest BCUT2D eigenvalue weighted by Crippen LogP contribution is 2.22. The van der Waals surface area contributed by atoms with Crippen LogP contribution in [0.4, 0.5) is 0 Å². The number of carbonyl (C=O) groups excluding carboxylic acids is 2. The summed E-state index contributed by atoms with van der Waals surface area (Å²) in [6, 6.07) is -0.935. The maximum Gasteiger partial charge on any atom is 0.305 e. The van der Waals surface area contributed by atoms with Gasteiger partial charge >= 0.3 is 5.97 Å². The van der Waals surface area contributed by atoms with Crippen molar-refractivity contribution in [2.24, 2.45) is 0 Å². The number of ether oxygens (including phenoxy) is 3. The SMILES string of the molecule is COC(=O)CCCCCO[C@H]1O[C@H](CO)[C@@H](O)[C@H](O)[C@@H]1NC(C)=O. The Kier molecular flexibility index (Phi) is 9.16. The van der Waals surface area contributed by atoms with E-state index in [4.69, 9.17) is 9.47 Å². The van der Waals surface area contributed by atoms with Crippen LogP contribution in [-0.2, 0) is 23.8 Å². The lowest BCUT2D eigenvalue weighted by molar-refractivity contribution is -0.270. The van der Waals surface area contributed by atoms with E-state index in [1.165, 1.54) is 14.0 Å². The van der Waals surface area contributed by atoms with Crippen molar-refractivity contribution >= 4 is 11.9 Å². The zero-order valence-electron chi connectivity index (χ0n) is 14.0. The molecular formula is C15H27NO8. The Labute approximate surface area is 140 Å². The number of unbranched alkanes of at least 4 members (excludes halogenated alkanes) is 2. The molecule has 1 aliphatic heterocycles. The van der Waals surface area contributed by atoms with Gasteiger partial charge < -0.3 is 34.8 Å². The molecule has 9 heteroatoms. The van der Waals surface area contributed by atoms with Crippen LogP contribution < -0.4 is 5.32 Å². The van der Waals surface area contributed by atoms with Gasteiger partial charge in [-0.2, -0.15) is 0 Å². The molecule has 0 saturated carbocycles. The molecule has 9 nitrogen and oxygen atoms in total. The minimum Gasteiger partial charge on any atom is -0.469 e. The van der Waals surface area contributed by atoms with Crippen LogP contribution in [0, 0.1) is 0 Å². The number of nitrogens with one attached hydrogen (secondary N) is 1. The molecular weight excluding hydrogens is 322 g/mol. The third-order valence-corrected chi connectivity index (χ3v) is 3.79. The normalized spacial score (nSPS) is 30.0. The molecule has 0 spiro atoms. The average molecular weight is 349 g/mol. The van der Waals surface area contributed by atoms with Gasteiger partial charge in [-0.15, -0.1) is 0 Å². The summed E-state index contributed by atoms with van der Waals surface area (Å²) in [5, 5.41) is 31.7. The van der Waals surface area contributed by atoms with Gasteiger partial charge in [-0.05, 0) is 12.8 Å². The Morgan fingerprint density at radius 1 is 1.17 bits per heavy atom. The zero-order chi connectivity index (χ0) is 18.1. The molecule has 140 valence electrons. The fourth-order valence-electron chi connectivity index (χ4n) is 2.46. The molecule has 24 heavy (non-hydrogen) atoms. The second kappa shape index (κ2) is 10.6. The number of esters is 1. The molecule has 0 aliphatic carbocycles. The van der Waals surface area contributed by atoms with Crippen molar-refractivity contribution in [1.82, 2.24) is 5.32 Å². The number of aliphatic hydroxyl groups is 3. The molecule has 0 unspecified atom stereocenters. The van der Waals surface area contributed by atoms with Gasteiger partial charge in [0.1, 0.15) is 24.4 Å². The van der Waals surface area contributed by atoms with Crippen molar-refractivity contribution in [3.05, 3.63) is 0 Å². The van der Waals surface area contributed by atoms with E-state index in [-0.39, 0.29) is 12.6 Å². The second-order valence-corrected chi connectivity index (χ2v) is 5.69. The number of rotatable bonds is 9. The van der Waals surface area contributed by atoms with Crippen LogP contribution in [0.25, 0.3) is 0 Å². The topological polar surface area (TPSA) is 135 Å². The third kappa shape index (κ3) is 6.33. The Hall–Kier alpha value is -1.26. The van der Waals surface area contributed by atoms with Gasteiger partial charge in [0.2, 0.25) is 5.91 Å². The standard InChI is InChI=1S/C15H27NO8/c1-9(18)16-12-14(21)13(20)10(8-17)24-15(12)23-7-5-3-4-6-11(19)22-2/h10,12-15,17,20-21H,3-8H2,1-2H3,(H,16,18)/t10-,12+,13-,14-,15+/m1/s1. The Balaban J connectivity index is 2.45. The van der Waals surface area contributed by atoms with E-state index in [1.807, 2.05) is 0 Å². The summed E-state index contributed by atoms with van der Waals surface area (Å²) in [7, 11) is 1.34. The average Bonchev–Trinajstić information content (AvgIpc) is 2.56. The van der Waals surface area contributed by atoms with Crippen LogP contribution in [-0.4, -0.2) is 78.2 Å². The lowest BCUT2D eigenvalue weighted by Gasteiger charge is -2.42. The molecule has 1 heterocycles. The summed E-state index contributed by atoms with van der Waals surface area (Å²) in [4.78, 5) is 22.2. The van der Waals surface area contributed by atoms with E-state index < -0.39 is 43.2 Å². The molecule has 0 aromatic rings. The van der Waals surface area contributed by atoms with Gasteiger partial charge in [0, 0.05) is 20.0 Å². The lowest BCUT2D eigenvalue weighted by atomic mass is 9.97. The van der Waals surface area contributed by atoms with Crippen LogP contribution in [0.5, 0.6) is 0 Å². The summed E-state index contributed by atoms with van der Waals surface area (Å²) in [6.45, 7) is 1.08. The summed E-state index contributed by atoms with van der Waals surface area (Å²) < 4.78 is 15.5. The molecule has 0 aromatic heterocycles. The van der Waals surface area contributed by atoms with E-state index in [0.29, 0.717) is 19.3 Å². The largest absolute Gasteiger partial charge is 0.469 e. The predicted molar refractivity (Wildman–Crippen MR) is 81.8 cm³/mol. The Morgan fingerprint density at radius 2 is 1.88 bits per heavy atom. The fourth-order valence-corrected chi connectivity index (χ4v) is 2.46. The highest BCUT2D eigenvalue weighted by atomic mass is 16.7. The van der Waals surface area contributed by atoms with E-state index in [2.05, 4.69) is 10.1 Å². The lowest BCUT2D eigenvalue weighted by Crippen LogP contribution is -2.64. The van der Waals surface area contributed by atoms with Crippen molar-refractivity contribution in [3.8, 4) is 0 Å². The van der Waals surface area contributed by atoms with Crippen LogP contribution in [0.2, 0.25) is 0 Å². The predicted octanol–water partition coefficient (Wildman–Crippen LogP) is -1.32. The van der Waals surface area contributed by atoms with Crippen molar-refractivity contribution < 1.29 is 39.1 Å². The van der Waals surface area contributed by atoms with Gasteiger partial charge in [0.15, 0.2) is 6.29 Å². The molecule has 0 radical (unpaired) electrons. The van der Waals surface area contributed by atoms with Crippen molar-refractivity contribution in [2.45, 2.75) is 63.3 Å². The number of methoxy groups -OCH3 is 1. The van der Waals surface area contributed by atoms with Gasteiger partial charge in [-0.3, -0.25) is 9.59 Å². The van der Waals surface area contributed by atoms with Crippen LogP contribution in [0.3, 0.4) is 0 Å². The van der Waals surface area contributed by atoms with Crippen LogP contribution in [0.15, 0.2) is 0 Å². The van der Waals surface area contributed by atoms with Gasteiger partial charge in [-0.25, -0.2) is 0 Å². The number of amides is 1. The maximum absolute atomic E-state index is 11.3. The molecule has 1 saturated heterocycles. The van der Waals surface area contributed by atoms with Crippen LogP contribution >= 0.6 is 0 Å². The maximum atomic E-state index is 11.3. The van der Waals surface area contributed by atoms with Crippen molar-refractivity contribution in [1.29, 1.82) is 0 Å². The fraction of sp³-hybridized carbons (Fsp3) is 0.867. The van der Waals surface area contributed by atoms with Gasteiger partial charge in [-0.1, -0.05) is 6.42 Å².